The molecule has 7 nitrogen and oxygen atoms in total. The van der Waals surface area contributed by atoms with Crippen LogP contribution in [0, 0.1) is 10.1 Å². The summed E-state index contributed by atoms with van der Waals surface area (Å²) in [5.41, 5.74) is 0.130. The molecule has 0 heterocycles. The number of non-ortho nitro benzene ring substituents is 1. The number of nitrogens with zero attached hydrogens (tertiary/aromatic N) is 1. The van der Waals surface area contributed by atoms with E-state index in [0.717, 1.165) is 0 Å². The predicted molar refractivity (Wildman–Crippen MR) is 72.7 cm³/mol. The van der Waals surface area contributed by atoms with Crippen molar-refractivity contribution in [2.75, 3.05) is 30.5 Å². The van der Waals surface area contributed by atoms with E-state index >= 15 is 0 Å². The van der Waals surface area contributed by atoms with E-state index in [0.29, 0.717) is 11.5 Å². The zero-order valence-corrected chi connectivity index (χ0v) is 11.1. The van der Waals surface area contributed by atoms with Gasteiger partial charge in [0, 0.05) is 17.9 Å². The lowest BCUT2D eigenvalue weighted by molar-refractivity contribution is -0.384. The zero-order valence-electron chi connectivity index (χ0n) is 10.3. The van der Waals surface area contributed by atoms with E-state index in [1.165, 1.54) is 37.1 Å². The van der Waals surface area contributed by atoms with E-state index in [1.54, 1.807) is 0 Å². The second kappa shape index (κ2) is 7.59. The van der Waals surface area contributed by atoms with Crippen molar-refractivity contribution in [1.82, 2.24) is 0 Å². The van der Waals surface area contributed by atoms with Gasteiger partial charge in [0.25, 0.3) is 5.69 Å². The van der Waals surface area contributed by atoms with E-state index in [9.17, 15) is 14.9 Å². The van der Waals surface area contributed by atoms with Crippen molar-refractivity contribution in [2.45, 2.75) is 0 Å². The Morgan fingerprint density at radius 1 is 1.58 bits per heavy atom. The molecular formula is C11H14N2O5S. The fraction of sp³-hybridized carbons (Fsp3) is 0.364. The Morgan fingerprint density at radius 2 is 2.32 bits per heavy atom. The quantitative estimate of drug-likeness (QED) is 0.444. The van der Waals surface area contributed by atoms with Crippen molar-refractivity contribution in [3.05, 3.63) is 28.3 Å². The molecule has 0 fully saturated rings. The molecule has 2 N–H and O–H groups in total. The number of nitro groups is 1. The van der Waals surface area contributed by atoms with Crippen molar-refractivity contribution >= 4 is 29.0 Å². The van der Waals surface area contributed by atoms with Gasteiger partial charge >= 0.3 is 0 Å². The fourth-order valence-electron chi connectivity index (χ4n) is 1.32. The average molecular weight is 286 g/mol. The summed E-state index contributed by atoms with van der Waals surface area (Å²) in [6.45, 7) is -0.00191. The van der Waals surface area contributed by atoms with E-state index in [1.807, 2.05) is 0 Å². The Balaban J connectivity index is 2.77. The normalized spacial score (nSPS) is 10.0. The minimum atomic E-state index is -0.546. The van der Waals surface area contributed by atoms with Crippen LogP contribution in [0.3, 0.4) is 0 Å². The molecule has 0 saturated carbocycles. The molecule has 0 aliphatic rings. The zero-order chi connectivity index (χ0) is 14.3. The first-order valence-electron chi connectivity index (χ1n) is 5.39. The Morgan fingerprint density at radius 3 is 2.89 bits per heavy atom. The summed E-state index contributed by atoms with van der Waals surface area (Å²) in [5, 5.41) is 21.8. The van der Waals surface area contributed by atoms with Crippen LogP contribution in [0.15, 0.2) is 18.2 Å². The number of amides is 1. The third-order valence-electron chi connectivity index (χ3n) is 2.14. The van der Waals surface area contributed by atoms with Gasteiger partial charge in [-0.2, -0.15) is 0 Å². The average Bonchev–Trinajstić information content (AvgIpc) is 2.38. The topological polar surface area (TPSA) is 102 Å². The first-order valence-corrected chi connectivity index (χ1v) is 6.55. The van der Waals surface area contributed by atoms with Gasteiger partial charge in [0.1, 0.15) is 5.75 Å². The van der Waals surface area contributed by atoms with Gasteiger partial charge in [-0.3, -0.25) is 14.9 Å². The molecule has 0 bridgehead atoms. The summed E-state index contributed by atoms with van der Waals surface area (Å²) in [6.07, 6.45) is 0. The summed E-state index contributed by atoms with van der Waals surface area (Å²) in [5.74, 6) is 0.662. The summed E-state index contributed by atoms with van der Waals surface area (Å²) in [6, 6.07) is 3.97. The second-order valence-corrected chi connectivity index (χ2v) is 4.57. The molecule has 0 atom stereocenters. The van der Waals surface area contributed by atoms with E-state index in [4.69, 9.17) is 9.84 Å². The van der Waals surface area contributed by atoms with Crippen LogP contribution in [0.25, 0.3) is 0 Å². The van der Waals surface area contributed by atoms with Gasteiger partial charge in [-0.15, -0.1) is 11.8 Å². The number of hydrogen-bond donors (Lipinski definition) is 2. The largest absolute Gasteiger partial charge is 0.495 e. The molecule has 0 spiro atoms. The number of carbonyl (C=O) groups excluding carboxylic acids is 1. The lowest BCUT2D eigenvalue weighted by atomic mass is 10.2. The van der Waals surface area contributed by atoms with Crippen LogP contribution in [0.5, 0.6) is 5.75 Å². The number of aliphatic hydroxyl groups is 1. The number of ether oxygens (including phenoxy) is 1. The predicted octanol–water partition coefficient (Wildman–Crippen LogP) is 1.27. The van der Waals surface area contributed by atoms with Crippen LogP contribution < -0.4 is 10.1 Å². The Bertz CT molecular complexity index is 466. The third-order valence-corrected chi connectivity index (χ3v) is 3.07. The fourth-order valence-corrected chi connectivity index (χ4v) is 1.85. The summed E-state index contributed by atoms with van der Waals surface area (Å²) < 4.78 is 5.02. The standard InChI is InChI=1S/C11H14N2O5S/c1-18-10-3-2-8(13(16)17)6-9(10)12-11(15)7-19-5-4-14/h2-3,6,14H,4-5,7H2,1H3,(H,12,15). The lowest BCUT2D eigenvalue weighted by Crippen LogP contribution is -2.15. The number of aliphatic hydroxyl groups excluding tert-OH is 1. The van der Waals surface area contributed by atoms with Gasteiger partial charge in [0.05, 0.1) is 30.1 Å². The van der Waals surface area contributed by atoms with Gasteiger partial charge in [0.15, 0.2) is 0 Å². The van der Waals surface area contributed by atoms with Crippen molar-refractivity contribution in [3.63, 3.8) is 0 Å². The number of benzene rings is 1. The molecule has 1 rings (SSSR count). The number of methoxy groups -OCH3 is 1. The monoisotopic (exact) mass is 286 g/mol. The number of anilines is 1. The van der Waals surface area contributed by atoms with Gasteiger partial charge < -0.3 is 15.2 Å². The molecule has 1 amide bonds. The summed E-state index contributed by atoms with van der Waals surface area (Å²) in [4.78, 5) is 21.7. The molecule has 104 valence electrons. The van der Waals surface area contributed by atoms with Gasteiger partial charge in [0.2, 0.25) is 5.91 Å². The highest BCUT2D eigenvalue weighted by Gasteiger charge is 2.13. The molecule has 0 saturated heterocycles. The smallest absolute Gasteiger partial charge is 0.271 e. The lowest BCUT2D eigenvalue weighted by Gasteiger charge is -2.09. The molecule has 0 aliphatic carbocycles. The minimum absolute atomic E-state index is 0.00191. The van der Waals surface area contributed by atoms with Crippen molar-refractivity contribution in [3.8, 4) is 5.75 Å². The summed E-state index contributed by atoms with van der Waals surface area (Å²) >= 11 is 1.27. The molecule has 0 unspecified atom stereocenters. The molecular weight excluding hydrogens is 272 g/mol. The molecule has 1 aromatic rings. The minimum Gasteiger partial charge on any atom is -0.495 e. The molecule has 0 aromatic heterocycles. The Hall–Kier alpha value is -1.80. The molecule has 19 heavy (non-hydrogen) atoms. The van der Waals surface area contributed by atoms with Crippen LogP contribution in [0.2, 0.25) is 0 Å². The highest BCUT2D eigenvalue weighted by molar-refractivity contribution is 7.99. The number of hydrogen-bond acceptors (Lipinski definition) is 6. The van der Waals surface area contributed by atoms with Crippen LogP contribution in [0.4, 0.5) is 11.4 Å². The third kappa shape index (κ3) is 4.76. The van der Waals surface area contributed by atoms with Gasteiger partial charge in [-0.05, 0) is 6.07 Å². The van der Waals surface area contributed by atoms with E-state index in [2.05, 4.69) is 5.32 Å². The maximum atomic E-state index is 11.6. The molecule has 8 heteroatoms. The number of nitro benzene ring substituents is 1. The highest BCUT2D eigenvalue weighted by atomic mass is 32.2. The van der Waals surface area contributed by atoms with E-state index in [-0.39, 0.29) is 29.6 Å². The van der Waals surface area contributed by atoms with Gasteiger partial charge in [-0.25, -0.2) is 0 Å². The van der Waals surface area contributed by atoms with E-state index < -0.39 is 4.92 Å². The highest BCUT2D eigenvalue weighted by Crippen LogP contribution is 2.28. The number of carbonyl (C=O) groups is 1. The Labute approximate surface area is 114 Å². The number of nitrogens with one attached hydrogen (secondary N) is 1. The summed E-state index contributed by atoms with van der Waals surface area (Å²) in [7, 11) is 1.41. The Kier molecular flexibility index (Phi) is 6.10. The number of thioether (sulfide) groups is 1. The van der Waals surface area contributed by atoms with Gasteiger partial charge in [-0.1, -0.05) is 0 Å². The molecule has 0 radical (unpaired) electrons. The van der Waals surface area contributed by atoms with Crippen molar-refractivity contribution < 1.29 is 19.6 Å². The maximum Gasteiger partial charge on any atom is 0.271 e. The van der Waals surface area contributed by atoms with Crippen LogP contribution in [-0.2, 0) is 4.79 Å². The first kappa shape index (κ1) is 15.3. The first-order chi connectivity index (χ1) is 9.08. The maximum absolute atomic E-state index is 11.6. The molecule has 1 aromatic carbocycles. The van der Waals surface area contributed by atoms with Crippen molar-refractivity contribution in [1.29, 1.82) is 0 Å². The van der Waals surface area contributed by atoms with Crippen LogP contribution in [-0.4, -0.2) is 41.2 Å². The van der Waals surface area contributed by atoms with Crippen molar-refractivity contribution in [2.24, 2.45) is 0 Å². The SMILES string of the molecule is COc1ccc([N+](=O)[O-])cc1NC(=O)CSCCO. The van der Waals surface area contributed by atoms with Crippen LogP contribution in [0.1, 0.15) is 0 Å². The molecule has 0 aliphatic heterocycles. The second-order valence-electron chi connectivity index (χ2n) is 3.47. The van der Waals surface area contributed by atoms with Crippen LogP contribution >= 0.6 is 11.8 Å². The number of rotatable bonds is 7.